The van der Waals surface area contributed by atoms with Crippen molar-refractivity contribution in [2.24, 2.45) is 11.8 Å². The molecular formula is C37H47BrN4O4S. The van der Waals surface area contributed by atoms with Crippen molar-refractivity contribution in [1.82, 2.24) is 4.90 Å². The third-order valence-corrected chi connectivity index (χ3v) is 13.1. The molecule has 3 fully saturated rings. The van der Waals surface area contributed by atoms with Crippen LogP contribution < -0.4 is 14.7 Å². The lowest BCUT2D eigenvalue weighted by molar-refractivity contribution is -0.139. The Kier molecular flexibility index (Phi) is 11.6. The highest BCUT2D eigenvalue weighted by Crippen LogP contribution is 2.68. The number of unbranched alkanes of at least 4 members (excludes halogenated alkanes) is 2. The number of anilines is 3. The Morgan fingerprint density at radius 1 is 0.936 bits per heavy atom. The zero-order valence-corrected chi connectivity index (χ0v) is 29.9. The van der Waals surface area contributed by atoms with E-state index < -0.39 is 22.6 Å². The van der Waals surface area contributed by atoms with E-state index >= 15 is 0 Å². The van der Waals surface area contributed by atoms with Gasteiger partial charge in [0.1, 0.15) is 6.04 Å². The van der Waals surface area contributed by atoms with E-state index in [0.29, 0.717) is 38.9 Å². The van der Waals surface area contributed by atoms with E-state index in [-0.39, 0.29) is 34.4 Å². The van der Waals surface area contributed by atoms with Gasteiger partial charge in [-0.25, -0.2) is 0 Å². The molecule has 252 valence electrons. The van der Waals surface area contributed by atoms with Gasteiger partial charge in [-0.15, -0.1) is 24.9 Å². The first-order valence-corrected chi connectivity index (χ1v) is 18.5. The summed E-state index contributed by atoms with van der Waals surface area (Å²) < 4.78 is -0.762. The molecule has 0 radical (unpaired) electrons. The number of carbonyl (C=O) groups is 3. The summed E-state index contributed by atoms with van der Waals surface area (Å²) in [7, 11) is 0. The molecule has 0 aliphatic carbocycles. The van der Waals surface area contributed by atoms with E-state index in [0.717, 1.165) is 36.6 Å². The Balaban J connectivity index is 1.54. The first-order valence-electron chi connectivity index (χ1n) is 16.8. The van der Waals surface area contributed by atoms with Gasteiger partial charge in [-0.1, -0.05) is 46.3 Å². The van der Waals surface area contributed by atoms with E-state index in [1.165, 1.54) is 0 Å². The molecule has 1 N–H and O–H groups in total. The predicted octanol–water partition coefficient (Wildman–Crippen LogP) is 5.90. The number of rotatable bonds is 16. The second-order valence-electron chi connectivity index (χ2n) is 12.5. The summed E-state index contributed by atoms with van der Waals surface area (Å²) in [6.45, 7) is 14.9. The molecule has 2 bridgehead atoms. The van der Waals surface area contributed by atoms with E-state index in [1.807, 2.05) is 54.6 Å². The fraction of sp³-hybridized carbons (Fsp3) is 0.486. The molecule has 3 aliphatic rings. The molecule has 6 atom stereocenters. The Bertz CT molecular complexity index is 1440. The molecule has 0 saturated carbocycles. The second kappa shape index (κ2) is 15.4. The largest absolute Gasteiger partial charge is 0.396 e. The number of para-hydroxylation sites is 1. The summed E-state index contributed by atoms with van der Waals surface area (Å²) in [4.78, 5) is 51.6. The Labute approximate surface area is 292 Å². The molecule has 3 saturated heterocycles. The van der Waals surface area contributed by atoms with Crippen molar-refractivity contribution >= 4 is 62.5 Å². The quantitative estimate of drug-likeness (QED) is 0.132. The molecule has 1 spiro atoms. The van der Waals surface area contributed by atoms with Gasteiger partial charge in [0.25, 0.3) is 5.91 Å². The molecule has 47 heavy (non-hydrogen) atoms. The lowest BCUT2D eigenvalue weighted by Crippen LogP contribution is -2.56. The third kappa shape index (κ3) is 6.53. The number of benzene rings is 2. The fourth-order valence-corrected chi connectivity index (χ4v) is 11.4. The minimum absolute atomic E-state index is 0.0299. The average molecular weight is 724 g/mol. The monoisotopic (exact) mass is 722 g/mol. The zero-order chi connectivity index (χ0) is 33.7. The van der Waals surface area contributed by atoms with Crippen molar-refractivity contribution in [2.45, 2.75) is 60.4 Å². The van der Waals surface area contributed by atoms with Gasteiger partial charge in [-0.2, -0.15) is 0 Å². The number of aliphatic hydroxyl groups excluding tert-OH is 1. The number of carbonyl (C=O) groups excluding carboxylic acids is 3. The molecule has 8 nitrogen and oxygen atoms in total. The maximum atomic E-state index is 15.0. The number of hydrogen-bond acceptors (Lipinski definition) is 6. The van der Waals surface area contributed by atoms with Crippen LogP contribution in [0.3, 0.4) is 0 Å². The molecule has 2 aromatic carbocycles. The highest BCUT2D eigenvalue weighted by atomic mass is 79.9. The average Bonchev–Trinajstić information content (AvgIpc) is 3.68. The van der Waals surface area contributed by atoms with Crippen molar-refractivity contribution in [1.29, 1.82) is 0 Å². The van der Waals surface area contributed by atoms with Crippen LogP contribution in [-0.2, 0) is 14.4 Å². The molecule has 3 heterocycles. The van der Waals surface area contributed by atoms with Gasteiger partial charge in [-0.05, 0) is 75.9 Å². The number of amides is 3. The first kappa shape index (κ1) is 35.2. The van der Waals surface area contributed by atoms with E-state index in [4.69, 9.17) is 0 Å². The predicted molar refractivity (Wildman–Crippen MR) is 196 cm³/mol. The maximum Gasteiger partial charge on any atom is 0.251 e. The number of alkyl halides is 1. The van der Waals surface area contributed by atoms with Crippen LogP contribution in [0.25, 0.3) is 0 Å². The SMILES string of the molecule is C=CCN(C(=O)C1N(CCCCCO)C(=O)[C@@H]2[C@H](C(=O)N(CC=C)c3ccccc3)[C@H]3SC12CC3Br)c1ccc(N(CC)CC)cc1. The van der Waals surface area contributed by atoms with Gasteiger partial charge in [0.05, 0.1) is 16.6 Å². The van der Waals surface area contributed by atoms with Crippen molar-refractivity contribution in [3.63, 3.8) is 0 Å². The minimum Gasteiger partial charge on any atom is -0.396 e. The van der Waals surface area contributed by atoms with Gasteiger partial charge < -0.3 is 24.7 Å². The molecule has 3 amide bonds. The van der Waals surface area contributed by atoms with Crippen molar-refractivity contribution in [2.75, 3.05) is 54.0 Å². The van der Waals surface area contributed by atoms with E-state index in [2.05, 4.69) is 47.8 Å². The number of aliphatic hydroxyl groups is 1. The van der Waals surface area contributed by atoms with Crippen LogP contribution in [0.1, 0.15) is 39.5 Å². The number of fused-ring (bicyclic) bond motifs is 1. The summed E-state index contributed by atoms with van der Waals surface area (Å²) in [6.07, 6.45) is 6.08. The van der Waals surface area contributed by atoms with Crippen LogP contribution in [0.2, 0.25) is 0 Å². The van der Waals surface area contributed by atoms with Crippen molar-refractivity contribution in [3.8, 4) is 0 Å². The van der Waals surface area contributed by atoms with Gasteiger partial charge in [0, 0.05) is 66.5 Å². The normalized spacial score (nSPS) is 25.8. The zero-order valence-electron chi connectivity index (χ0n) is 27.5. The summed E-state index contributed by atoms with van der Waals surface area (Å²) >= 11 is 5.55. The topological polar surface area (TPSA) is 84.4 Å². The lowest BCUT2D eigenvalue weighted by atomic mass is 9.70. The summed E-state index contributed by atoms with van der Waals surface area (Å²) in [5, 5.41) is 9.26. The van der Waals surface area contributed by atoms with Crippen LogP contribution in [0.4, 0.5) is 17.1 Å². The number of hydrogen-bond donors (Lipinski definition) is 1. The number of nitrogens with zero attached hydrogens (tertiary/aromatic N) is 4. The summed E-state index contributed by atoms with van der Waals surface area (Å²) in [5.41, 5.74) is 2.59. The van der Waals surface area contributed by atoms with Crippen LogP contribution in [0.5, 0.6) is 0 Å². The highest BCUT2D eigenvalue weighted by Gasteiger charge is 2.76. The Morgan fingerprint density at radius 3 is 2.13 bits per heavy atom. The van der Waals surface area contributed by atoms with Gasteiger partial charge in [0.15, 0.2) is 0 Å². The molecule has 2 aromatic rings. The van der Waals surface area contributed by atoms with E-state index in [9.17, 15) is 19.5 Å². The van der Waals surface area contributed by atoms with Gasteiger partial charge >= 0.3 is 0 Å². The number of likely N-dealkylation sites (tertiary alicyclic amines) is 1. The molecule has 0 aromatic heterocycles. The minimum atomic E-state index is -0.762. The standard InChI is InChI=1S/C37H47BrN4O4S/c1-5-21-40(27-15-11-9-12-16-27)34(44)30-31-35(45)42(23-13-10-14-24-43)33(37(31)25-29(38)32(30)47-37)36(46)41(22-6-2)28-19-17-26(18-20-28)39(7-3)8-4/h5-6,9,11-12,15-20,29-33,43H,1-2,7-8,10,13-14,21-25H2,3-4H3/t29?,30-,31-,32-,33?,37?/m0/s1. The van der Waals surface area contributed by atoms with Crippen LogP contribution in [0, 0.1) is 11.8 Å². The Morgan fingerprint density at radius 2 is 1.53 bits per heavy atom. The smallest absolute Gasteiger partial charge is 0.251 e. The highest BCUT2D eigenvalue weighted by molar-refractivity contribution is 9.09. The van der Waals surface area contributed by atoms with Gasteiger partial charge in [-0.3, -0.25) is 14.4 Å². The molecule has 5 rings (SSSR count). The second-order valence-corrected chi connectivity index (χ2v) is 15.2. The van der Waals surface area contributed by atoms with Gasteiger partial charge in [0.2, 0.25) is 11.8 Å². The molecule has 3 aliphatic heterocycles. The fourth-order valence-electron chi connectivity index (χ4n) is 7.77. The molecule has 3 unspecified atom stereocenters. The van der Waals surface area contributed by atoms with E-state index in [1.54, 1.807) is 38.6 Å². The van der Waals surface area contributed by atoms with Crippen LogP contribution in [-0.4, -0.2) is 87.9 Å². The Hall–Kier alpha value is -3.08. The molecule has 10 heteroatoms. The van der Waals surface area contributed by atoms with Crippen LogP contribution in [0.15, 0.2) is 79.9 Å². The van der Waals surface area contributed by atoms with Crippen molar-refractivity contribution in [3.05, 3.63) is 79.9 Å². The van der Waals surface area contributed by atoms with Crippen molar-refractivity contribution < 1.29 is 19.5 Å². The van der Waals surface area contributed by atoms with Crippen LogP contribution >= 0.6 is 27.7 Å². The summed E-state index contributed by atoms with van der Waals surface area (Å²) in [6, 6.07) is 16.8. The maximum absolute atomic E-state index is 15.0. The number of halogens is 1. The molecular weight excluding hydrogens is 676 g/mol. The first-order chi connectivity index (χ1) is 22.8. The third-order valence-electron chi connectivity index (χ3n) is 9.88. The lowest BCUT2D eigenvalue weighted by Gasteiger charge is -2.38. The number of thioether (sulfide) groups is 1. The summed E-state index contributed by atoms with van der Waals surface area (Å²) in [5.74, 6) is -1.60.